The van der Waals surface area contributed by atoms with Crippen LogP contribution in [0.4, 0.5) is 0 Å². The Bertz CT molecular complexity index is 107. The minimum Gasteiger partial charge on any atom is -0.300 e. The van der Waals surface area contributed by atoms with E-state index in [-0.39, 0.29) is 0 Å². The predicted molar refractivity (Wildman–Crippen MR) is 40.5 cm³/mol. The summed E-state index contributed by atoms with van der Waals surface area (Å²) in [5.74, 6) is 0. The summed E-state index contributed by atoms with van der Waals surface area (Å²) in [7, 11) is 2.19. The van der Waals surface area contributed by atoms with E-state index in [1.807, 2.05) is 0 Å². The fourth-order valence-electron chi connectivity index (χ4n) is 1.40. The summed E-state index contributed by atoms with van der Waals surface area (Å²) in [4.78, 5) is 2.40. The van der Waals surface area contributed by atoms with Gasteiger partial charge in [0.25, 0.3) is 0 Å². The van der Waals surface area contributed by atoms with Gasteiger partial charge >= 0.3 is 0 Å². The molecule has 52 valence electrons. The summed E-state index contributed by atoms with van der Waals surface area (Å²) in [5.41, 5.74) is 0. The molecular weight excluding hydrogens is 110 g/mol. The average Bonchev–Trinajstić information content (AvgIpc) is 2.18. The van der Waals surface area contributed by atoms with E-state index < -0.39 is 0 Å². The number of hydrogen-bond acceptors (Lipinski definition) is 1. The Morgan fingerprint density at radius 3 is 2.78 bits per heavy atom. The molecular formula is C8H15N. The molecule has 0 radical (unpaired) electrons. The van der Waals surface area contributed by atoms with Crippen molar-refractivity contribution in [2.24, 2.45) is 0 Å². The van der Waals surface area contributed by atoms with Crippen LogP contribution in [0.25, 0.3) is 0 Å². The Labute approximate surface area is 57.4 Å². The van der Waals surface area contributed by atoms with Crippen molar-refractivity contribution in [2.45, 2.75) is 25.8 Å². The molecule has 9 heavy (non-hydrogen) atoms. The van der Waals surface area contributed by atoms with Gasteiger partial charge in [-0.3, -0.25) is 4.90 Å². The number of allylic oxidation sites excluding steroid dienone is 1. The zero-order valence-electron chi connectivity index (χ0n) is 6.30. The molecule has 1 fully saturated rings. The van der Waals surface area contributed by atoms with Gasteiger partial charge in [-0.15, -0.1) is 0 Å². The van der Waals surface area contributed by atoms with Gasteiger partial charge in [-0.1, -0.05) is 12.2 Å². The van der Waals surface area contributed by atoms with Gasteiger partial charge < -0.3 is 0 Å². The predicted octanol–water partition coefficient (Wildman–Crippen LogP) is 1.66. The standard InChI is InChI=1S/C8H15N/c1-3-5-8-6-4-7-9(8)2/h3,5,8H,4,6-7H2,1-2H3/b5-3+/t8-/m0/s1. The molecule has 0 bridgehead atoms. The Hall–Kier alpha value is -0.300. The quantitative estimate of drug-likeness (QED) is 0.482. The number of hydrogen-bond donors (Lipinski definition) is 0. The summed E-state index contributed by atoms with van der Waals surface area (Å²) in [6.45, 7) is 3.36. The van der Waals surface area contributed by atoms with Gasteiger partial charge in [-0.05, 0) is 33.4 Å². The molecule has 1 rings (SSSR count). The van der Waals surface area contributed by atoms with E-state index in [0.29, 0.717) is 0 Å². The zero-order chi connectivity index (χ0) is 6.69. The Balaban J connectivity index is 2.39. The zero-order valence-corrected chi connectivity index (χ0v) is 6.30. The topological polar surface area (TPSA) is 3.24 Å². The van der Waals surface area contributed by atoms with Crippen LogP contribution < -0.4 is 0 Å². The van der Waals surface area contributed by atoms with Gasteiger partial charge in [0, 0.05) is 6.04 Å². The van der Waals surface area contributed by atoms with E-state index in [1.54, 1.807) is 0 Å². The number of likely N-dealkylation sites (tertiary alicyclic amines) is 1. The van der Waals surface area contributed by atoms with Crippen LogP contribution in [0, 0.1) is 0 Å². The third-order valence-electron chi connectivity index (χ3n) is 1.99. The molecule has 1 aliphatic heterocycles. The molecule has 0 saturated carbocycles. The lowest BCUT2D eigenvalue weighted by Crippen LogP contribution is -2.22. The van der Waals surface area contributed by atoms with E-state index in [0.717, 1.165) is 6.04 Å². The van der Waals surface area contributed by atoms with Crippen molar-refractivity contribution in [1.29, 1.82) is 0 Å². The summed E-state index contributed by atoms with van der Waals surface area (Å²) in [5, 5.41) is 0. The van der Waals surface area contributed by atoms with Gasteiger partial charge in [0.05, 0.1) is 0 Å². The van der Waals surface area contributed by atoms with Crippen LogP contribution in [-0.2, 0) is 0 Å². The van der Waals surface area contributed by atoms with Gasteiger partial charge in [0.2, 0.25) is 0 Å². The van der Waals surface area contributed by atoms with Crippen LogP contribution in [0.3, 0.4) is 0 Å². The lowest BCUT2D eigenvalue weighted by molar-refractivity contribution is 0.357. The van der Waals surface area contributed by atoms with Crippen molar-refractivity contribution in [1.82, 2.24) is 4.90 Å². The Morgan fingerprint density at radius 2 is 2.33 bits per heavy atom. The smallest absolute Gasteiger partial charge is 0.0275 e. The van der Waals surface area contributed by atoms with Gasteiger partial charge in [0.1, 0.15) is 0 Å². The molecule has 1 heterocycles. The molecule has 0 spiro atoms. The average molecular weight is 125 g/mol. The van der Waals surface area contributed by atoms with Crippen LogP contribution in [0.2, 0.25) is 0 Å². The van der Waals surface area contributed by atoms with E-state index >= 15 is 0 Å². The molecule has 0 aromatic rings. The first-order valence-electron chi connectivity index (χ1n) is 3.67. The van der Waals surface area contributed by atoms with Gasteiger partial charge in [-0.25, -0.2) is 0 Å². The second-order valence-corrected chi connectivity index (χ2v) is 2.72. The van der Waals surface area contributed by atoms with E-state index in [9.17, 15) is 0 Å². The molecule has 0 aromatic heterocycles. The molecule has 1 nitrogen and oxygen atoms in total. The fraction of sp³-hybridized carbons (Fsp3) is 0.750. The molecule has 1 aliphatic rings. The number of rotatable bonds is 1. The third kappa shape index (κ3) is 1.55. The maximum Gasteiger partial charge on any atom is 0.0275 e. The molecule has 0 N–H and O–H groups in total. The first-order valence-corrected chi connectivity index (χ1v) is 3.67. The number of likely N-dealkylation sites (N-methyl/N-ethyl adjacent to an activating group) is 1. The first-order chi connectivity index (χ1) is 4.34. The van der Waals surface area contributed by atoms with Crippen LogP contribution in [0.1, 0.15) is 19.8 Å². The van der Waals surface area contributed by atoms with Crippen LogP contribution in [0.15, 0.2) is 12.2 Å². The van der Waals surface area contributed by atoms with Crippen molar-refractivity contribution >= 4 is 0 Å². The van der Waals surface area contributed by atoms with E-state index in [1.165, 1.54) is 19.4 Å². The van der Waals surface area contributed by atoms with E-state index in [4.69, 9.17) is 0 Å². The van der Waals surface area contributed by atoms with Crippen LogP contribution >= 0.6 is 0 Å². The summed E-state index contributed by atoms with van der Waals surface area (Å²) in [6.07, 6.45) is 7.14. The highest BCUT2D eigenvalue weighted by atomic mass is 15.1. The molecule has 1 atom stereocenters. The van der Waals surface area contributed by atoms with Crippen molar-refractivity contribution in [3.63, 3.8) is 0 Å². The van der Waals surface area contributed by atoms with Crippen molar-refractivity contribution < 1.29 is 0 Å². The summed E-state index contributed by atoms with van der Waals surface area (Å²) >= 11 is 0. The minimum atomic E-state index is 0.731. The lowest BCUT2D eigenvalue weighted by atomic mass is 10.2. The van der Waals surface area contributed by atoms with Gasteiger partial charge in [-0.2, -0.15) is 0 Å². The fourth-order valence-corrected chi connectivity index (χ4v) is 1.40. The minimum absolute atomic E-state index is 0.731. The first kappa shape index (κ1) is 6.81. The largest absolute Gasteiger partial charge is 0.300 e. The molecule has 0 amide bonds. The van der Waals surface area contributed by atoms with Crippen molar-refractivity contribution in [3.05, 3.63) is 12.2 Å². The lowest BCUT2D eigenvalue weighted by Gasteiger charge is -2.14. The molecule has 1 heteroatoms. The third-order valence-corrected chi connectivity index (χ3v) is 1.99. The highest BCUT2D eigenvalue weighted by molar-refractivity contribution is 4.94. The Morgan fingerprint density at radius 1 is 1.56 bits per heavy atom. The number of nitrogens with zero attached hydrogens (tertiary/aromatic N) is 1. The van der Waals surface area contributed by atoms with Crippen LogP contribution in [0.5, 0.6) is 0 Å². The Kier molecular flexibility index (Phi) is 2.29. The van der Waals surface area contributed by atoms with E-state index in [2.05, 4.69) is 31.0 Å². The maximum atomic E-state index is 2.40. The molecule has 1 saturated heterocycles. The molecule has 0 unspecified atom stereocenters. The monoisotopic (exact) mass is 125 g/mol. The SMILES string of the molecule is C/C=C/[C@H]1CCCN1C. The van der Waals surface area contributed by atoms with Crippen molar-refractivity contribution in [3.8, 4) is 0 Å². The van der Waals surface area contributed by atoms with Gasteiger partial charge in [0.15, 0.2) is 0 Å². The van der Waals surface area contributed by atoms with Crippen molar-refractivity contribution in [2.75, 3.05) is 13.6 Å². The molecule has 0 aromatic carbocycles. The second kappa shape index (κ2) is 3.02. The summed E-state index contributed by atoms with van der Waals surface area (Å²) < 4.78 is 0. The highest BCUT2D eigenvalue weighted by Gasteiger charge is 2.16. The van der Waals surface area contributed by atoms with Crippen LogP contribution in [-0.4, -0.2) is 24.5 Å². The normalized spacial score (nSPS) is 30.2. The second-order valence-electron chi connectivity index (χ2n) is 2.72. The highest BCUT2D eigenvalue weighted by Crippen LogP contribution is 2.14. The maximum absolute atomic E-state index is 2.40. The summed E-state index contributed by atoms with van der Waals surface area (Å²) in [6, 6.07) is 0.731. The molecule has 0 aliphatic carbocycles.